The smallest absolute Gasteiger partial charge is 0.313 e. The number of anilines is 1. The first-order valence-corrected chi connectivity index (χ1v) is 8.41. The minimum Gasteiger partial charge on any atom is -0.495 e. The zero-order chi connectivity index (χ0) is 16.9. The lowest BCUT2D eigenvalue weighted by atomic mass is 10.1. The molecule has 128 valence electrons. The van der Waals surface area contributed by atoms with Crippen LogP contribution >= 0.6 is 0 Å². The van der Waals surface area contributed by atoms with E-state index in [1.54, 1.807) is 24.3 Å². The Balaban J connectivity index is 2.20. The van der Waals surface area contributed by atoms with Gasteiger partial charge in [-0.15, -0.1) is 0 Å². The number of hydrogen-bond acceptors (Lipinski definition) is 3. The van der Waals surface area contributed by atoms with E-state index < -0.39 is 11.8 Å². The van der Waals surface area contributed by atoms with Gasteiger partial charge >= 0.3 is 11.8 Å². The predicted octanol–water partition coefficient (Wildman–Crippen LogP) is 3.50. The maximum atomic E-state index is 11.8. The Morgan fingerprint density at radius 2 is 1.61 bits per heavy atom. The van der Waals surface area contributed by atoms with Gasteiger partial charge < -0.3 is 15.4 Å². The molecule has 1 aromatic rings. The molecular weight excluding hydrogens is 292 g/mol. The van der Waals surface area contributed by atoms with Crippen molar-refractivity contribution in [3.05, 3.63) is 24.3 Å². The molecule has 0 atom stereocenters. The van der Waals surface area contributed by atoms with Crippen molar-refractivity contribution in [1.82, 2.24) is 5.32 Å². The van der Waals surface area contributed by atoms with E-state index in [-0.39, 0.29) is 0 Å². The number of carbonyl (C=O) groups excluding carboxylic acids is 2. The molecule has 5 nitrogen and oxygen atoms in total. The van der Waals surface area contributed by atoms with E-state index in [0.29, 0.717) is 18.0 Å². The number of amides is 2. The average Bonchev–Trinajstić information content (AvgIpc) is 2.57. The number of nitrogens with one attached hydrogen (secondary N) is 2. The third kappa shape index (κ3) is 7.68. The van der Waals surface area contributed by atoms with Crippen molar-refractivity contribution >= 4 is 17.5 Å². The van der Waals surface area contributed by atoms with Crippen LogP contribution in [0, 0.1) is 0 Å². The Morgan fingerprint density at radius 1 is 0.957 bits per heavy atom. The van der Waals surface area contributed by atoms with Gasteiger partial charge in [0, 0.05) is 6.54 Å². The Hall–Kier alpha value is -2.04. The van der Waals surface area contributed by atoms with Gasteiger partial charge in [0.25, 0.3) is 0 Å². The van der Waals surface area contributed by atoms with E-state index in [4.69, 9.17) is 4.74 Å². The lowest BCUT2D eigenvalue weighted by Crippen LogP contribution is -2.35. The molecule has 0 aliphatic rings. The van der Waals surface area contributed by atoms with E-state index in [1.807, 2.05) is 0 Å². The number of hydrogen-bond donors (Lipinski definition) is 2. The molecular formula is C18H28N2O3. The van der Waals surface area contributed by atoms with Gasteiger partial charge in [-0.25, -0.2) is 0 Å². The molecule has 0 heterocycles. The summed E-state index contributed by atoms with van der Waals surface area (Å²) in [6, 6.07) is 7.00. The number of benzene rings is 1. The molecule has 0 spiro atoms. The highest BCUT2D eigenvalue weighted by molar-refractivity contribution is 6.39. The number of unbranched alkanes of at least 4 members (excludes halogenated alkanes) is 6. The van der Waals surface area contributed by atoms with Crippen LogP contribution in [0.15, 0.2) is 24.3 Å². The van der Waals surface area contributed by atoms with E-state index >= 15 is 0 Å². The first-order chi connectivity index (χ1) is 11.2. The first-order valence-electron chi connectivity index (χ1n) is 8.41. The van der Waals surface area contributed by atoms with Gasteiger partial charge in [-0.1, -0.05) is 57.6 Å². The molecule has 1 aromatic carbocycles. The monoisotopic (exact) mass is 320 g/mol. The molecule has 0 aliphatic carbocycles. The molecule has 2 amide bonds. The van der Waals surface area contributed by atoms with Crippen LogP contribution in [0.1, 0.15) is 51.9 Å². The summed E-state index contributed by atoms with van der Waals surface area (Å²) in [6.45, 7) is 2.73. The second kappa shape index (κ2) is 11.5. The maximum Gasteiger partial charge on any atom is 0.313 e. The molecule has 0 fully saturated rings. The molecule has 5 heteroatoms. The van der Waals surface area contributed by atoms with Crippen molar-refractivity contribution in [2.24, 2.45) is 0 Å². The highest BCUT2D eigenvalue weighted by atomic mass is 16.5. The normalized spacial score (nSPS) is 10.2. The third-order valence-corrected chi connectivity index (χ3v) is 3.63. The van der Waals surface area contributed by atoms with E-state index in [0.717, 1.165) is 12.8 Å². The van der Waals surface area contributed by atoms with Crippen LogP contribution in [0.3, 0.4) is 0 Å². The second-order valence-corrected chi connectivity index (χ2v) is 5.53. The summed E-state index contributed by atoms with van der Waals surface area (Å²) < 4.78 is 5.13. The summed E-state index contributed by atoms with van der Waals surface area (Å²) in [7, 11) is 1.52. The van der Waals surface area contributed by atoms with E-state index in [9.17, 15) is 9.59 Å². The largest absolute Gasteiger partial charge is 0.495 e. The van der Waals surface area contributed by atoms with Crippen molar-refractivity contribution in [1.29, 1.82) is 0 Å². The molecule has 0 unspecified atom stereocenters. The molecule has 1 rings (SSSR count). The van der Waals surface area contributed by atoms with Crippen LogP contribution in [-0.2, 0) is 9.59 Å². The fourth-order valence-electron chi connectivity index (χ4n) is 2.29. The highest BCUT2D eigenvalue weighted by Crippen LogP contribution is 2.22. The minimum absolute atomic E-state index is 0.492. The molecule has 0 bridgehead atoms. The Morgan fingerprint density at radius 3 is 2.30 bits per heavy atom. The fraction of sp³-hybridized carbons (Fsp3) is 0.556. The quantitative estimate of drug-likeness (QED) is 0.512. The summed E-state index contributed by atoms with van der Waals surface area (Å²) in [5.41, 5.74) is 0.492. The second-order valence-electron chi connectivity index (χ2n) is 5.53. The van der Waals surface area contributed by atoms with Crippen LogP contribution in [0.2, 0.25) is 0 Å². The first kappa shape index (κ1) is 19.0. The summed E-state index contributed by atoms with van der Waals surface area (Å²) in [4.78, 5) is 23.6. The van der Waals surface area contributed by atoms with Crippen LogP contribution in [-0.4, -0.2) is 25.5 Å². The lowest BCUT2D eigenvalue weighted by Gasteiger charge is -2.09. The van der Waals surface area contributed by atoms with Crippen molar-refractivity contribution in [2.75, 3.05) is 19.0 Å². The topological polar surface area (TPSA) is 67.4 Å². The highest BCUT2D eigenvalue weighted by Gasteiger charge is 2.14. The summed E-state index contributed by atoms with van der Waals surface area (Å²) in [5, 5.41) is 5.21. The number of rotatable bonds is 10. The number of ether oxygens (including phenoxy) is 1. The average molecular weight is 320 g/mol. The Bertz CT molecular complexity index is 489. The van der Waals surface area contributed by atoms with Gasteiger partial charge in [0.2, 0.25) is 0 Å². The standard InChI is InChI=1S/C18H28N2O3/c1-3-4-5-6-7-8-11-14-19-17(21)18(22)20-15-12-9-10-13-16(15)23-2/h9-10,12-13H,3-8,11,14H2,1-2H3,(H,19,21)(H,20,22). The molecule has 0 radical (unpaired) electrons. The van der Waals surface area contributed by atoms with Crippen molar-refractivity contribution in [3.8, 4) is 5.75 Å². The van der Waals surface area contributed by atoms with Crippen LogP contribution in [0.4, 0.5) is 5.69 Å². The van der Waals surface area contributed by atoms with Crippen LogP contribution < -0.4 is 15.4 Å². The molecule has 2 N–H and O–H groups in total. The van der Waals surface area contributed by atoms with Gasteiger partial charge in [-0.3, -0.25) is 9.59 Å². The SMILES string of the molecule is CCCCCCCCCNC(=O)C(=O)Nc1ccccc1OC. The fourth-order valence-corrected chi connectivity index (χ4v) is 2.29. The Kier molecular flexibility index (Phi) is 9.52. The van der Waals surface area contributed by atoms with Gasteiger partial charge in [-0.05, 0) is 18.6 Å². The maximum absolute atomic E-state index is 11.8. The van der Waals surface area contributed by atoms with Gasteiger partial charge in [0.1, 0.15) is 5.75 Å². The lowest BCUT2D eigenvalue weighted by molar-refractivity contribution is -0.136. The zero-order valence-corrected chi connectivity index (χ0v) is 14.2. The third-order valence-electron chi connectivity index (χ3n) is 3.63. The molecule has 0 saturated heterocycles. The molecule has 23 heavy (non-hydrogen) atoms. The minimum atomic E-state index is -0.669. The summed E-state index contributed by atoms with van der Waals surface area (Å²) >= 11 is 0. The van der Waals surface area contributed by atoms with E-state index in [1.165, 1.54) is 39.2 Å². The van der Waals surface area contributed by atoms with Gasteiger partial charge in [0.15, 0.2) is 0 Å². The van der Waals surface area contributed by atoms with Crippen molar-refractivity contribution in [2.45, 2.75) is 51.9 Å². The molecule has 0 saturated carbocycles. The van der Waals surface area contributed by atoms with Crippen LogP contribution in [0.5, 0.6) is 5.75 Å². The van der Waals surface area contributed by atoms with E-state index in [2.05, 4.69) is 17.6 Å². The molecule has 0 aromatic heterocycles. The number of methoxy groups -OCH3 is 1. The number of para-hydroxylation sites is 2. The summed E-state index contributed by atoms with van der Waals surface area (Å²) in [6.07, 6.45) is 8.23. The number of carbonyl (C=O) groups is 2. The Labute approximate surface area is 138 Å². The van der Waals surface area contributed by atoms with Crippen LogP contribution in [0.25, 0.3) is 0 Å². The van der Waals surface area contributed by atoms with Gasteiger partial charge in [0.05, 0.1) is 12.8 Å². The summed E-state index contributed by atoms with van der Waals surface area (Å²) in [5.74, 6) is -0.750. The van der Waals surface area contributed by atoms with Gasteiger partial charge in [-0.2, -0.15) is 0 Å². The zero-order valence-electron chi connectivity index (χ0n) is 14.2. The predicted molar refractivity (Wildman–Crippen MR) is 92.6 cm³/mol. The van der Waals surface area contributed by atoms with Crippen molar-refractivity contribution in [3.63, 3.8) is 0 Å². The van der Waals surface area contributed by atoms with Crippen molar-refractivity contribution < 1.29 is 14.3 Å². The molecule has 0 aliphatic heterocycles.